The van der Waals surface area contributed by atoms with Crippen LogP contribution < -0.4 is 4.74 Å². The third kappa shape index (κ3) is 2.07. The zero-order valence-corrected chi connectivity index (χ0v) is 9.47. The molecule has 0 spiro atoms. The summed E-state index contributed by atoms with van der Waals surface area (Å²) in [4.78, 5) is 16.2. The molecule has 0 aromatic carbocycles. The molecule has 16 heavy (non-hydrogen) atoms. The molecular weight excluding hydrogens is 206 g/mol. The van der Waals surface area contributed by atoms with Crippen molar-refractivity contribution >= 4 is 5.78 Å². The third-order valence-corrected chi connectivity index (χ3v) is 2.75. The molecule has 2 heterocycles. The van der Waals surface area contributed by atoms with Crippen molar-refractivity contribution in [3.8, 4) is 5.75 Å². The molecule has 0 amide bonds. The molecule has 0 aliphatic carbocycles. The molecule has 1 aliphatic rings. The molecule has 2 atom stereocenters. The van der Waals surface area contributed by atoms with Crippen LogP contribution in [0.4, 0.5) is 0 Å². The van der Waals surface area contributed by atoms with Crippen LogP contribution in [0, 0.1) is 0 Å². The van der Waals surface area contributed by atoms with Gasteiger partial charge in [0.1, 0.15) is 11.9 Å². The van der Waals surface area contributed by atoms with Crippen LogP contribution in [0.5, 0.6) is 5.75 Å². The molecule has 2 rings (SSSR count). The number of aromatic nitrogens is 1. The molecule has 0 radical (unpaired) electrons. The number of carbonyl (C=O) groups excluding carboxylic acids is 1. The second-order valence-electron chi connectivity index (χ2n) is 3.93. The molecule has 0 N–H and O–H groups in total. The minimum Gasteiger partial charge on any atom is -0.494 e. The summed E-state index contributed by atoms with van der Waals surface area (Å²) >= 11 is 0. The van der Waals surface area contributed by atoms with E-state index in [0.29, 0.717) is 11.4 Å². The summed E-state index contributed by atoms with van der Waals surface area (Å²) in [6, 6.07) is 3.48. The first-order valence-electron chi connectivity index (χ1n) is 5.41. The highest BCUT2D eigenvalue weighted by Crippen LogP contribution is 2.25. The Bertz CT molecular complexity index is 392. The third-order valence-electron chi connectivity index (χ3n) is 2.75. The van der Waals surface area contributed by atoms with E-state index in [1.54, 1.807) is 18.3 Å². The number of nitrogens with zero attached hydrogens (tertiary/aromatic N) is 1. The number of hydrogen-bond acceptors (Lipinski definition) is 4. The molecule has 1 aliphatic heterocycles. The van der Waals surface area contributed by atoms with E-state index in [4.69, 9.17) is 9.47 Å². The lowest BCUT2D eigenvalue weighted by Gasteiger charge is -2.11. The zero-order chi connectivity index (χ0) is 11.5. The van der Waals surface area contributed by atoms with Crippen LogP contribution in [0.1, 0.15) is 30.3 Å². The fourth-order valence-corrected chi connectivity index (χ4v) is 1.89. The van der Waals surface area contributed by atoms with E-state index < -0.39 is 0 Å². The maximum absolute atomic E-state index is 12.1. The standard InChI is InChI=1S/C12H15NO3/c1-8-5-6-10(16-8)12(14)11-9(15-2)4-3-7-13-11/h3-4,7-8,10H,5-6H2,1-2H3. The molecule has 1 aromatic rings. The Balaban J connectivity index is 2.20. The Morgan fingerprint density at radius 3 is 3.00 bits per heavy atom. The van der Waals surface area contributed by atoms with Crippen LogP contribution in [0.2, 0.25) is 0 Å². The highest BCUT2D eigenvalue weighted by molar-refractivity contribution is 6.00. The molecule has 2 unspecified atom stereocenters. The Morgan fingerprint density at radius 2 is 2.38 bits per heavy atom. The largest absolute Gasteiger partial charge is 0.494 e. The van der Waals surface area contributed by atoms with Gasteiger partial charge in [0.25, 0.3) is 0 Å². The summed E-state index contributed by atoms with van der Waals surface area (Å²) < 4.78 is 10.6. The lowest BCUT2D eigenvalue weighted by Crippen LogP contribution is -2.22. The van der Waals surface area contributed by atoms with Crippen molar-refractivity contribution in [2.45, 2.75) is 32.0 Å². The molecular formula is C12H15NO3. The highest BCUT2D eigenvalue weighted by Gasteiger charge is 2.31. The smallest absolute Gasteiger partial charge is 0.213 e. The van der Waals surface area contributed by atoms with Gasteiger partial charge in [0.15, 0.2) is 5.69 Å². The average Bonchev–Trinajstić information content (AvgIpc) is 2.75. The van der Waals surface area contributed by atoms with Crippen molar-refractivity contribution in [2.24, 2.45) is 0 Å². The van der Waals surface area contributed by atoms with Crippen molar-refractivity contribution in [1.82, 2.24) is 4.98 Å². The van der Waals surface area contributed by atoms with Crippen molar-refractivity contribution in [3.63, 3.8) is 0 Å². The first-order valence-corrected chi connectivity index (χ1v) is 5.41. The van der Waals surface area contributed by atoms with Crippen LogP contribution in [-0.2, 0) is 4.74 Å². The van der Waals surface area contributed by atoms with Crippen molar-refractivity contribution in [3.05, 3.63) is 24.0 Å². The van der Waals surface area contributed by atoms with E-state index in [2.05, 4.69) is 4.98 Å². The molecule has 1 fully saturated rings. The van der Waals surface area contributed by atoms with E-state index in [-0.39, 0.29) is 18.0 Å². The Labute approximate surface area is 94.6 Å². The van der Waals surface area contributed by atoms with Crippen LogP contribution >= 0.6 is 0 Å². The summed E-state index contributed by atoms with van der Waals surface area (Å²) in [7, 11) is 1.53. The summed E-state index contributed by atoms with van der Waals surface area (Å²) in [6.45, 7) is 1.98. The van der Waals surface area contributed by atoms with Gasteiger partial charge in [0.05, 0.1) is 13.2 Å². The number of ether oxygens (including phenoxy) is 2. The summed E-state index contributed by atoms with van der Waals surface area (Å²) in [5.74, 6) is 0.428. The van der Waals surface area contributed by atoms with E-state index in [0.717, 1.165) is 12.8 Å². The molecule has 1 saturated heterocycles. The first kappa shape index (κ1) is 11.1. The van der Waals surface area contributed by atoms with Gasteiger partial charge in [-0.15, -0.1) is 0 Å². The molecule has 1 aromatic heterocycles. The van der Waals surface area contributed by atoms with E-state index in [1.165, 1.54) is 7.11 Å². The number of methoxy groups -OCH3 is 1. The van der Waals surface area contributed by atoms with Crippen LogP contribution in [-0.4, -0.2) is 30.1 Å². The van der Waals surface area contributed by atoms with Gasteiger partial charge in [-0.2, -0.15) is 0 Å². The van der Waals surface area contributed by atoms with Gasteiger partial charge in [0, 0.05) is 6.20 Å². The van der Waals surface area contributed by atoms with E-state index >= 15 is 0 Å². The van der Waals surface area contributed by atoms with E-state index in [9.17, 15) is 4.79 Å². The predicted octanol–water partition coefficient (Wildman–Crippen LogP) is 1.84. The fraction of sp³-hybridized carbons (Fsp3) is 0.500. The fourth-order valence-electron chi connectivity index (χ4n) is 1.89. The number of hydrogen-bond donors (Lipinski definition) is 0. The maximum atomic E-state index is 12.1. The summed E-state index contributed by atoms with van der Waals surface area (Å²) in [5.41, 5.74) is 0.365. The van der Waals surface area contributed by atoms with Gasteiger partial charge in [-0.3, -0.25) is 4.79 Å². The van der Waals surface area contributed by atoms with E-state index in [1.807, 2.05) is 6.92 Å². The topological polar surface area (TPSA) is 48.4 Å². The van der Waals surface area contributed by atoms with Gasteiger partial charge in [-0.05, 0) is 31.9 Å². The van der Waals surface area contributed by atoms with Crippen LogP contribution in [0.25, 0.3) is 0 Å². The summed E-state index contributed by atoms with van der Waals surface area (Å²) in [5, 5.41) is 0. The number of Topliss-reactive ketones (excluding diaryl/α,β-unsaturated/α-hetero) is 1. The van der Waals surface area contributed by atoms with Crippen LogP contribution in [0.3, 0.4) is 0 Å². The monoisotopic (exact) mass is 221 g/mol. The molecule has 4 nitrogen and oxygen atoms in total. The first-order chi connectivity index (χ1) is 7.72. The van der Waals surface area contributed by atoms with Crippen LogP contribution in [0.15, 0.2) is 18.3 Å². The van der Waals surface area contributed by atoms with Gasteiger partial charge >= 0.3 is 0 Å². The SMILES string of the molecule is COc1cccnc1C(=O)C1CCC(C)O1. The Hall–Kier alpha value is -1.42. The Kier molecular flexibility index (Phi) is 3.19. The molecule has 4 heteroatoms. The van der Waals surface area contributed by atoms with Crippen molar-refractivity contribution in [1.29, 1.82) is 0 Å². The Morgan fingerprint density at radius 1 is 1.56 bits per heavy atom. The quantitative estimate of drug-likeness (QED) is 0.731. The van der Waals surface area contributed by atoms with Crippen molar-refractivity contribution < 1.29 is 14.3 Å². The number of ketones is 1. The molecule has 0 bridgehead atoms. The summed E-state index contributed by atoms with van der Waals surface area (Å²) in [6.07, 6.45) is 3.07. The lowest BCUT2D eigenvalue weighted by molar-refractivity contribution is 0.0426. The number of rotatable bonds is 3. The second kappa shape index (κ2) is 4.61. The van der Waals surface area contributed by atoms with Crippen molar-refractivity contribution in [2.75, 3.05) is 7.11 Å². The zero-order valence-electron chi connectivity index (χ0n) is 9.47. The lowest BCUT2D eigenvalue weighted by atomic mass is 10.1. The minimum absolute atomic E-state index is 0.0817. The highest BCUT2D eigenvalue weighted by atomic mass is 16.5. The maximum Gasteiger partial charge on any atom is 0.213 e. The molecule has 0 saturated carbocycles. The number of pyridine rings is 1. The van der Waals surface area contributed by atoms with Gasteiger partial charge in [-0.25, -0.2) is 4.98 Å². The van der Waals surface area contributed by atoms with Gasteiger partial charge in [-0.1, -0.05) is 0 Å². The van der Waals surface area contributed by atoms with Gasteiger partial charge < -0.3 is 9.47 Å². The normalized spacial score (nSPS) is 24.4. The minimum atomic E-state index is -0.362. The number of carbonyl (C=O) groups is 1. The predicted molar refractivity (Wildman–Crippen MR) is 58.7 cm³/mol. The molecule has 86 valence electrons. The average molecular weight is 221 g/mol. The second-order valence-corrected chi connectivity index (χ2v) is 3.93. The van der Waals surface area contributed by atoms with Gasteiger partial charge in [0.2, 0.25) is 5.78 Å².